The van der Waals surface area contributed by atoms with Crippen molar-refractivity contribution in [3.63, 3.8) is 0 Å². The monoisotopic (exact) mass is 377 g/mol. The molecule has 1 fully saturated rings. The summed E-state index contributed by atoms with van der Waals surface area (Å²) in [7, 11) is 1.99. The fourth-order valence-corrected chi connectivity index (χ4v) is 4.20. The molecular formula is C23H31N5. The van der Waals surface area contributed by atoms with Crippen molar-refractivity contribution in [3.05, 3.63) is 35.6 Å². The summed E-state index contributed by atoms with van der Waals surface area (Å²) in [6, 6.07) is 0.426. The molecule has 0 radical (unpaired) electrons. The molecule has 3 aliphatic heterocycles. The largest absolute Gasteiger partial charge is 0.313 e. The Morgan fingerprint density at radius 1 is 1.25 bits per heavy atom. The molecule has 148 valence electrons. The average Bonchev–Trinajstić information content (AvgIpc) is 3.17. The summed E-state index contributed by atoms with van der Waals surface area (Å²) in [5.41, 5.74) is 2.36. The van der Waals surface area contributed by atoms with Crippen LogP contribution in [0.15, 0.2) is 45.7 Å². The molecule has 5 heteroatoms. The maximum atomic E-state index is 4.65. The van der Waals surface area contributed by atoms with Crippen molar-refractivity contribution >= 4 is 12.4 Å². The number of nitrogens with zero attached hydrogens (tertiary/aromatic N) is 4. The third kappa shape index (κ3) is 4.63. The molecule has 0 bridgehead atoms. The second kappa shape index (κ2) is 9.36. The minimum absolute atomic E-state index is 0.000661. The Hall–Kier alpha value is -2.16. The summed E-state index contributed by atoms with van der Waals surface area (Å²) in [5.74, 6) is 6.76. The molecule has 1 aliphatic carbocycles. The van der Waals surface area contributed by atoms with Crippen LogP contribution in [-0.4, -0.2) is 61.2 Å². The van der Waals surface area contributed by atoms with Crippen LogP contribution in [0, 0.1) is 17.8 Å². The molecule has 0 spiro atoms. The van der Waals surface area contributed by atoms with Crippen LogP contribution in [0.5, 0.6) is 0 Å². The number of fused-ring (bicyclic) bond motifs is 1. The summed E-state index contributed by atoms with van der Waals surface area (Å²) in [4.78, 5) is 7.25. The normalized spacial score (nSPS) is 29.2. The van der Waals surface area contributed by atoms with Gasteiger partial charge in [0.1, 0.15) is 5.92 Å². The fourth-order valence-electron chi connectivity index (χ4n) is 4.20. The third-order valence-electron chi connectivity index (χ3n) is 5.93. The highest BCUT2D eigenvalue weighted by Crippen LogP contribution is 2.28. The first-order valence-electron chi connectivity index (χ1n) is 10.7. The van der Waals surface area contributed by atoms with Gasteiger partial charge < -0.3 is 10.2 Å². The summed E-state index contributed by atoms with van der Waals surface area (Å²) < 4.78 is 0. The Labute approximate surface area is 169 Å². The number of allylic oxidation sites excluding steroid dienone is 4. The molecule has 4 rings (SSSR count). The molecule has 0 saturated carbocycles. The Balaban J connectivity index is 1.30. The van der Waals surface area contributed by atoms with Crippen LogP contribution in [-0.2, 0) is 0 Å². The van der Waals surface area contributed by atoms with E-state index >= 15 is 0 Å². The first-order chi connectivity index (χ1) is 13.8. The molecule has 3 unspecified atom stereocenters. The first kappa shape index (κ1) is 19.2. The highest BCUT2D eigenvalue weighted by molar-refractivity contribution is 5.76. The van der Waals surface area contributed by atoms with E-state index in [1.54, 1.807) is 0 Å². The van der Waals surface area contributed by atoms with Crippen molar-refractivity contribution in [2.75, 3.05) is 26.7 Å². The number of nitrogens with one attached hydrogen (secondary N) is 1. The lowest BCUT2D eigenvalue weighted by Gasteiger charge is -2.29. The van der Waals surface area contributed by atoms with Crippen LogP contribution in [0.3, 0.4) is 0 Å². The number of hydrazone groups is 1. The molecular weight excluding hydrogens is 346 g/mol. The molecule has 3 heterocycles. The van der Waals surface area contributed by atoms with E-state index in [9.17, 15) is 0 Å². The van der Waals surface area contributed by atoms with Crippen molar-refractivity contribution in [2.45, 2.75) is 50.7 Å². The fraction of sp³-hybridized carbons (Fsp3) is 0.565. The van der Waals surface area contributed by atoms with Gasteiger partial charge in [-0.25, -0.2) is 5.01 Å². The van der Waals surface area contributed by atoms with E-state index in [1.807, 2.05) is 19.5 Å². The molecule has 28 heavy (non-hydrogen) atoms. The molecule has 0 amide bonds. The number of rotatable bonds is 5. The van der Waals surface area contributed by atoms with Gasteiger partial charge in [-0.05, 0) is 70.9 Å². The van der Waals surface area contributed by atoms with Gasteiger partial charge in [0.25, 0.3) is 0 Å². The van der Waals surface area contributed by atoms with Gasteiger partial charge in [0, 0.05) is 29.7 Å². The predicted octanol–water partition coefficient (Wildman–Crippen LogP) is 2.94. The lowest BCUT2D eigenvalue weighted by molar-refractivity contribution is 0.219. The highest BCUT2D eigenvalue weighted by atomic mass is 15.5. The minimum atomic E-state index is 0.000661. The second-order valence-corrected chi connectivity index (χ2v) is 7.93. The van der Waals surface area contributed by atoms with Crippen molar-refractivity contribution in [2.24, 2.45) is 16.0 Å². The second-order valence-electron chi connectivity index (χ2n) is 7.93. The third-order valence-corrected chi connectivity index (χ3v) is 5.93. The lowest BCUT2D eigenvalue weighted by atomic mass is 10.0. The standard InChI is InChI=1S/C23H31N5/c1-24-21-11-8-19(9-12-21)7-10-20-18-26-28-22(13-14-25-23(20)28)6-5-17-27-15-3-2-4-16-27/h8-9,11,13-14,18,20-21,23-24H,2-6,12,15-17H2,1H3. The van der Waals surface area contributed by atoms with Crippen LogP contribution < -0.4 is 5.32 Å². The van der Waals surface area contributed by atoms with E-state index in [4.69, 9.17) is 0 Å². The Morgan fingerprint density at radius 3 is 2.93 bits per heavy atom. The maximum absolute atomic E-state index is 4.65. The molecule has 1 N–H and O–H groups in total. The predicted molar refractivity (Wildman–Crippen MR) is 116 cm³/mol. The van der Waals surface area contributed by atoms with Gasteiger partial charge in [0.15, 0.2) is 6.17 Å². The van der Waals surface area contributed by atoms with Crippen molar-refractivity contribution in [1.82, 2.24) is 15.2 Å². The molecule has 0 aromatic rings. The zero-order chi connectivity index (χ0) is 19.2. The van der Waals surface area contributed by atoms with Crippen LogP contribution in [0.2, 0.25) is 0 Å². The van der Waals surface area contributed by atoms with Crippen molar-refractivity contribution in [3.8, 4) is 11.8 Å². The number of likely N-dealkylation sites (tertiary alicyclic amines) is 1. The Kier molecular flexibility index (Phi) is 6.41. The molecule has 3 atom stereocenters. The van der Waals surface area contributed by atoms with Crippen LogP contribution >= 0.6 is 0 Å². The van der Waals surface area contributed by atoms with Crippen LogP contribution in [0.4, 0.5) is 0 Å². The van der Waals surface area contributed by atoms with Crippen LogP contribution in [0.25, 0.3) is 0 Å². The van der Waals surface area contributed by atoms with E-state index in [2.05, 4.69) is 61.5 Å². The summed E-state index contributed by atoms with van der Waals surface area (Å²) in [6.45, 7) is 3.72. The molecule has 0 aromatic carbocycles. The van der Waals surface area contributed by atoms with Gasteiger partial charge in [-0.3, -0.25) is 4.99 Å². The zero-order valence-corrected chi connectivity index (χ0v) is 16.8. The SMILES string of the molecule is CNC1C=CC(C#CC2C=NN3C(CCCN4CCCCC4)=CC=NC23)=CC1. The van der Waals surface area contributed by atoms with Gasteiger partial charge >= 0.3 is 0 Å². The molecule has 0 aromatic heterocycles. The highest BCUT2D eigenvalue weighted by Gasteiger charge is 2.32. The van der Waals surface area contributed by atoms with Gasteiger partial charge in [-0.1, -0.05) is 30.4 Å². The summed E-state index contributed by atoms with van der Waals surface area (Å²) in [6.07, 6.45) is 19.8. The van der Waals surface area contributed by atoms with E-state index < -0.39 is 0 Å². The van der Waals surface area contributed by atoms with Crippen molar-refractivity contribution < 1.29 is 0 Å². The Morgan fingerprint density at radius 2 is 2.14 bits per heavy atom. The molecule has 5 nitrogen and oxygen atoms in total. The number of hydrogen-bond donors (Lipinski definition) is 1. The molecule has 4 aliphatic rings. The lowest BCUT2D eigenvalue weighted by Crippen LogP contribution is -2.33. The van der Waals surface area contributed by atoms with E-state index in [-0.39, 0.29) is 12.1 Å². The van der Waals surface area contributed by atoms with E-state index in [0.29, 0.717) is 6.04 Å². The van der Waals surface area contributed by atoms with Gasteiger partial charge in [-0.2, -0.15) is 5.10 Å². The summed E-state index contributed by atoms with van der Waals surface area (Å²) >= 11 is 0. The van der Waals surface area contributed by atoms with Crippen LogP contribution in [0.1, 0.15) is 38.5 Å². The quantitative estimate of drug-likeness (QED) is 0.749. The van der Waals surface area contributed by atoms with Gasteiger partial charge in [0.05, 0.1) is 0 Å². The van der Waals surface area contributed by atoms with Gasteiger partial charge in [-0.15, -0.1) is 0 Å². The maximum Gasteiger partial charge on any atom is 0.160 e. The average molecular weight is 378 g/mol. The number of likely N-dealkylation sites (N-methyl/N-ethyl adjacent to an activating group) is 1. The minimum Gasteiger partial charge on any atom is -0.313 e. The topological polar surface area (TPSA) is 43.2 Å². The number of hydrogen-bond acceptors (Lipinski definition) is 5. The van der Waals surface area contributed by atoms with E-state index in [1.165, 1.54) is 51.0 Å². The van der Waals surface area contributed by atoms with E-state index in [0.717, 1.165) is 18.4 Å². The zero-order valence-electron chi connectivity index (χ0n) is 16.8. The molecule has 1 saturated heterocycles. The first-order valence-corrected chi connectivity index (χ1v) is 10.7. The van der Waals surface area contributed by atoms with Crippen molar-refractivity contribution in [1.29, 1.82) is 0 Å². The van der Waals surface area contributed by atoms with Gasteiger partial charge in [0.2, 0.25) is 0 Å². The Bertz CT molecular complexity index is 758. The number of piperidine rings is 1. The smallest absolute Gasteiger partial charge is 0.160 e. The summed E-state index contributed by atoms with van der Waals surface area (Å²) in [5, 5.41) is 9.98. The number of aliphatic imine (C=N–C) groups is 1.